The molecule has 1 aliphatic heterocycles. The standard InChI is InChI=1S/C38H53FN4O4/c1-7-42(37(25(3)4)38(44)45)32-21-29(33(23-32)28-10-9-11-30(39)20-28)24-41-16-14-27(15-17-41)34-22-31(40-43(34)8-2)18-26-12-13-35(46-5)36(19-26)47-6/h9-13,19-20,22,25,27,29,32-33,37H,7-8,14-18,21,23-24H2,1-6H3,(H,44,45)/t29-,32?,33-,37-/m1/s1. The number of halogens is 1. The second kappa shape index (κ2) is 15.6. The molecule has 256 valence electrons. The number of aromatic nitrogens is 2. The van der Waals surface area contributed by atoms with E-state index in [4.69, 9.17) is 14.6 Å². The Balaban J connectivity index is 1.27. The van der Waals surface area contributed by atoms with Crippen LogP contribution in [0.2, 0.25) is 0 Å². The van der Waals surface area contributed by atoms with Crippen LogP contribution in [0.5, 0.6) is 11.5 Å². The van der Waals surface area contributed by atoms with Crippen molar-refractivity contribution in [1.82, 2.24) is 19.6 Å². The molecule has 0 amide bonds. The molecule has 47 heavy (non-hydrogen) atoms. The third kappa shape index (κ3) is 8.00. The van der Waals surface area contributed by atoms with E-state index in [2.05, 4.69) is 40.5 Å². The quantitative estimate of drug-likeness (QED) is 0.206. The Labute approximate surface area is 279 Å². The van der Waals surface area contributed by atoms with Gasteiger partial charge in [0.2, 0.25) is 0 Å². The average Bonchev–Trinajstić information content (AvgIpc) is 3.67. The Morgan fingerprint density at radius 3 is 2.40 bits per heavy atom. The lowest BCUT2D eigenvalue weighted by atomic mass is 9.87. The molecule has 5 rings (SSSR count). The number of hydrogen-bond acceptors (Lipinski definition) is 6. The molecular weight excluding hydrogens is 595 g/mol. The van der Waals surface area contributed by atoms with Crippen molar-refractivity contribution >= 4 is 5.97 Å². The van der Waals surface area contributed by atoms with Gasteiger partial charge in [0.1, 0.15) is 11.9 Å². The monoisotopic (exact) mass is 648 g/mol. The molecule has 4 atom stereocenters. The number of likely N-dealkylation sites (N-methyl/N-ethyl adjacent to an activating group) is 1. The molecule has 2 fully saturated rings. The zero-order valence-corrected chi connectivity index (χ0v) is 29.0. The molecule has 8 nitrogen and oxygen atoms in total. The molecule has 2 heterocycles. The maximum absolute atomic E-state index is 14.4. The summed E-state index contributed by atoms with van der Waals surface area (Å²) in [6.45, 7) is 12.7. The molecule has 9 heteroatoms. The largest absolute Gasteiger partial charge is 0.493 e. The SMILES string of the molecule is CCN(C1C[C@H](CN2CCC(c3cc(Cc4ccc(OC)c(OC)c4)nn3CC)CC2)[C@@H](c2cccc(F)c2)C1)[C@@H](C(=O)O)C(C)C. The van der Waals surface area contributed by atoms with Gasteiger partial charge in [0.05, 0.1) is 19.9 Å². The smallest absolute Gasteiger partial charge is 0.321 e. The Morgan fingerprint density at radius 1 is 1.04 bits per heavy atom. The predicted octanol–water partition coefficient (Wildman–Crippen LogP) is 6.82. The summed E-state index contributed by atoms with van der Waals surface area (Å²) in [5, 5.41) is 15.1. The van der Waals surface area contributed by atoms with E-state index in [0.29, 0.717) is 18.4 Å². The molecule has 1 aromatic heterocycles. The topological polar surface area (TPSA) is 80.1 Å². The van der Waals surface area contributed by atoms with Crippen molar-refractivity contribution in [2.45, 2.75) is 90.3 Å². The van der Waals surface area contributed by atoms with Crippen LogP contribution in [0, 0.1) is 17.7 Å². The van der Waals surface area contributed by atoms with Crippen molar-refractivity contribution in [2.75, 3.05) is 40.4 Å². The number of piperidine rings is 1. The molecular formula is C38H53FN4O4. The van der Waals surface area contributed by atoms with Crippen LogP contribution in [-0.4, -0.2) is 83.1 Å². The maximum atomic E-state index is 14.4. The summed E-state index contributed by atoms with van der Waals surface area (Å²) in [6.07, 6.45) is 4.65. The first-order chi connectivity index (χ1) is 22.6. The van der Waals surface area contributed by atoms with Crippen molar-refractivity contribution in [3.63, 3.8) is 0 Å². The second-order valence-corrected chi connectivity index (χ2v) is 13.7. The van der Waals surface area contributed by atoms with Crippen molar-refractivity contribution in [1.29, 1.82) is 0 Å². The number of likely N-dealkylation sites (tertiary alicyclic amines) is 1. The van der Waals surface area contributed by atoms with Crippen LogP contribution >= 0.6 is 0 Å². The zero-order chi connectivity index (χ0) is 33.7. The molecule has 1 saturated heterocycles. The number of carboxylic acid groups (broad SMARTS) is 1. The van der Waals surface area contributed by atoms with Gasteiger partial charge >= 0.3 is 5.97 Å². The number of hydrogen-bond donors (Lipinski definition) is 1. The van der Waals surface area contributed by atoms with Crippen molar-refractivity contribution in [3.8, 4) is 11.5 Å². The van der Waals surface area contributed by atoms with Crippen LogP contribution in [0.1, 0.15) is 87.7 Å². The van der Waals surface area contributed by atoms with Gasteiger partial charge in [0.15, 0.2) is 11.5 Å². The highest BCUT2D eigenvalue weighted by Gasteiger charge is 2.42. The van der Waals surface area contributed by atoms with Gasteiger partial charge in [0.25, 0.3) is 0 Å². The van der Waals surface area contributed by atoms with E-state index in [-0.39, 0.29) is 23.7 Å². The van der Waals surface area contributed by atoms with Gasteiger partial charge in [-0.25, -0.2) is 4.39 Å². The minimum Gasteiger partial charge on any atom is -0.493 e. The Kier molecular flexibility index (Phi) is 11.6. The normalized spacial score (nSPS) is 21.4. The molecule has 0 spiro atoms. The molecule has 2 aromatic carbocycles. The summed E-state index contributed by atoms with van der Waals surface area (Å²) in [7, 11) is 3.31. The van der Waals surface area contributed by atoms with Gasteiger partial charge < -0.3 is 19.5 Å². The Bertz CT molecular complexity index is 1480. The first-order valence-corrected chi connectivity index (χ1v) is 17.4. The first kappa shape index (κ1) is 34.9. The predicted molar refractivity (Wildman–Crippen MR) is 183 cm³/mol. The van der Waals surface area contributed by atoms with E-state index in [9.17, 15) is 14.3 Å². The van der Waals surface area contributed by atoms with Gasteiger partial charge in [-0.1, -0.05) is 39.0 Å². The highest BCUT2D eigenvalue weighted by atomic mass is 19.1. The van der Waals surface area contributed by atoms with E-state index in [0.717, 1.165) is 86.6 Å². The summed E-state index contributed by atoms with van der Waals surface area (Å²) in [5.41, 5.74) is 4.55. The summed E-state index contributed by atoms with van der Waals surface area (Å²) in [6, 6.07) is 15.0. The number of benzene rings is 2. The molecule has 3 aromatic rings. The summed E-state index contributed by atoms with van der Waals surface area (Å²) >= 11 is 0. The summed E-state index contributed by atoms with van der Waals surface area (Å²) < 4.78 is 27.5. The van der Waals surface area contributed by atoms with Crippen LogP contribution in [0.25, 0.3) is 0 Å². The van der Waals surface area contributed by atoms with Crippen LogP contribution < -0.4 is 9.47 Å². The fourth-order valence-electron chi connectivity index (χ4n) is 8.30. The minimum atomic E-state index is -0.757. The lowest BCUT2D eigenvalue weighted by Gasteiger charge is -2.36. The van der Waals surface area contributed by atoms with Crippen LogP contribution in [0.15, 0.2) is 48.5 Å². The molecule has 1 saturated carbocycles. The molecule has 1 unspecified atom stereocenters. The number of ether oxygens (including phenoxy) is 2. The number of rotatable bonds is 14. The number of aryl methyl sites for hydroxylation is 1. The number of carboxylic acids is 1. The third-order valence-electron chi connectivity index (χ3n) is 10.5. The zero-order valence-electron chi connectivity index (χ0n) is 29.0. The first-order valence-electron chi connectivity index (χ1n) is 17.4. The van der Waals surface area contributed by atoms with E-state index >= 15 is 0 Å². The summed E-state index contributed by atoms with van der Waals surface area (Å²) in [4.78, 5) is 17.1. The second-order valence-electron chi connectivity index (χ2n) is 13.7. The molecule has 1 N–H and O–H groups in total. The highest BCUT2D eigenvalue weighted by molar-refractivity contribution is 5.73. The van der Waals surface area contributed by atoms with Crippen molar-refractivity contribution < 1.29 is 23.8 Å². The fraction of sp³-hybridized carbons (Fsp3) is 0.579. The average molecular weight is 649 g/mol. The third-order valence-corrected chi connectivity index (χ3v) is 10.5. The number of aliphatic carboxylic acids is 1. The minimum absolute atomic E-state index is 0.00857. The van der Waals surface area contributed by atoms with Crippen molar-refractivity contribution in [3.05, 3.63) is 76.9 Å². The Morgan fingerprint density at radius 2 is 1.79 bits per heavy atom. The molecule has 0 bridgehead atoms. The maximum Gasteiger partial charge on any atom is 0.321 e. The van der Waals surface area contributed by atoms with Crippen LogP contribution in [0.4, 0.5) is 4.39 Å². The van der Waals surface area contributed by atoms with Crippen LogP contribution in [-0.2, 0) is 17.8 Å². The molecule has 2 aliphatic rings. The van der Waals surface area contributed by atoms with Gasteiger partial charge in [-0.2, -0.15) is 5.10 Å². The lowest BCUT2D eigenvalue weighted by Crippen LogP contribution is -2.49. The Hall–Kier alpha value is -3.43. The van der Waals surface area contributed by atoms with Crippen LogP contribution in [0.3, 0.4) is 0 Å². The fourth-order valence-corrected chi connectivity index (χ4v) is 8.30. The van der Waals surface area contributed by atoms with E-state index in [1.807, 2.05) is 38.1 Å². The summed E-state index contributed by atoms with van der Waals surface area (Å²) in [5.74, 6) is 1.48. The van der Waals surface area contributed by atoms with E-state index < -0.39 is 12.0 Å². The van der Waals surface area contributed by atoms with Gasteiger partial charge in [-0.05, 0) is 111 Å². The number of methoxy groups -OCH3 is 2. The van der Waals surface area contributed by atoms with Crippen molar-refractivity contribution in [2.24, 2.45) is 11.8 Å². The number of carbonyl (C=O) groups is 1. The van der Waals surface area contributed by atoms with E-state index in [1.54, 1.807) is 20.3 Å². The lowest BCUT2D eigenvalue weighted by molar-refractivity contribution is -0.146. The molecule has 1 aliphatic carbocycles. The highest BCUT2D eigenvalue weighted by Crippen LogP contribution is 2.44. The van der Waals surface area contributed by atoms with Gasteiger partial charge in [-0.15, -0.1) is 0 Å². The van der Waals surface area contributed by atoms with Gasteiger partial charge in [-0.3, -0.25) is 14.4 Å². The van der Waals surface area contributed by atoms with E-state index in [1.165, 1.54) is 11.8 Å². The van der Waals surface area contributed by atoms with Gasteiger partial charge in [0, 0.05) is 37.2 Å². The molecule has 0 radical (unpaired) electrons. The number of nitrogens with zero attached hydrogens (tertiary/aromatic N) is 4.